The van der Waals surface area contributed by atoms with Crippen LogP contribution in [-0.2, 0) is 28.5 Å². The maximum Gasteiger partial charge on any atom is 0.246 e. The van der Waals surface area contributed by atoms with Crippen LogP contribution < -0.4 is 0 Å². The number of phenolic OH excluding ortho intramolecular Hbond substituents is 2. The first-order valence-electron chi connectivity index (χ1n) is 21.8. The third-order valence-corrected chi connectivity index (χ3v) is 11.6. The van der Waals surface area contributed by atoms with Gasteiger partial charge in [-0.25, -0.2) is 0 Å². The topological polar surface area (TPSA) is 201 Å². The molecule has 4 aromatic heterocycles. The first-order valence-corrected chi connectivity index (χ1v) is 21.8. The molecule has 3 atom stereocenters. The average molecular weight is 873 g/mol. The van der Waals surface area contributed by atoms with Crippen molar-refractivity contribution in [2.75, 3.05) is 72.5 Å². The maximum absolute atomic E-state index is 12.5. The number of aromatic hydroxyl groups is 2. The van der Waals surface area contributed by atoms with Crippen molar-refractivity contribution in [2.24, 2.45) is 0 Å². The smallest absolute Gasteiger partial charge is 0.246 e. The first kappa shape index (κ1) is 45.6. The molecule has 0 radical (unpaired) electrons. The summed E-state index contributed by atoms with van der Waals surface area (Å²) in [5.74, 6) is 0.825. The number of fused-ring (bicyclic) bond motifs is 2. The fourth-order valence-electron chi connectivity index (χ4n) is 8.33. The number of amides is 2. The number of aromatic amines is 2. The van der Waals surface area contributed by atoms with Crippen LogP contribution in [0.4, 0.5) is 0 Å². The zero-order valence-electron chi connectivity index (χ0n) is 36.4. The molecule has 2 aromatic carbocycles. The predicted octanol–water partition coefficient (Wildman–Crippen LogP) is 6.81. The molecular formula is C48H56N8O8. The lowest BCUT2D eigenvalue weighted by atomic mass is 9.92. The van der Waals surface area contributed by atoms with Crippen LogP contribution in [0.5, 0.6) is 11.5 Å². The van der Waals surface area contributed by atoms with Gasteiger partial charge in [0.15, 0.2) is 11.3 Å². The highest BCUT2D eigenvalue weighted by molar-refractivity contribution is 5.89. The molecule has 10 rings (SSSR count). The molecule has 4 N–H and O–H groups in total. The van der Waals surface area contributed by atoms with Gasteiger partial charge in [0.05, 0.1) is 57.1 Å². The number of carbonyl (C=O) groups excluding carboxylic acids is 2. The SMILES string of the molecule is C=CC(=O)N1CCOCC1.C=CC(=O)N1CCOCC1c1[nH]c2nnc(-c3ccccc3O)cc2c1C1CCOC1.CC.Oc1ccccc1-c1cc2c([C@@H]3CCOC3)c[nH]c2nn1. The van der Waals surface area contributed by atoms with Gasteiger partial charge < -0.3 is 48.9 Å². The van der Waals surface area contributed by atoms with E-state index < -0.39 is 0 Å². The van der Waals surface area contributed by atoms with Crippen LogP contribution in [0.3, 0.4) is 0 Å². The highest BCUT2D eigenvalue weighted by Crippen LogP contribution is 2.40. The van der Waals surface area contributed by atoms with E-state index in [4.69, 9.17) is 18.9 Å². The lowest BCUT2D eigenvalue weighted by molar-refractivity contribution is -0.135. The number of ether oxygens (including phenoxy) is 4. The normalized spacial score (nSPS) is 19.4. The van der Waals surface area contributed by atoms with Crippen LogP contribution in [0, 0.1) is 0 Å². The van der Waals surface area contributed by atoms with E-state index in [0.29, 0.717) is 93.4 Å². The van der Waals surface area contributed by atoms with Crippen molar-refractivity contribution in [1.82, 2.24) is 40.2 Å². The molecule has 4 aliphatic heterocycles. The highest BCUT2D eigenvalue weighted by Gasteiger charge is 2.35. The standard InChI is InChI=1S/C23H24N4O4.C16H15N3O2.C7H11NO2.C2H6/c1-2-20(29)27-8-10-31-13-18(27)22-21(14-7-9-30-12-14)16-11-17(25-26-23(16)24-22)15-5-3-4-6-19(15)28;20-15-4-2-1-3-11(15)14-7-12-13(10-5-6-21-9-10)8-17-16(12)19-18-14;1-2-7(9)8-3-5-10-6-4-8;1-2/h2-6,11,14,18,28H,1,7-10,12-13H2,(H,24,26);1-4,7-8,10,20H,5-6,9H2,(H,17,19);2H,1,3-6H2;1-2H3/t;10-;;/m.1../s1. The molecule has 0 saturated carbocycles. The second-order valence-corrected chi connectivity index (χ2v) is 15.3. The van der Waals surface area contributed by atoms with E-state index in [0.717, 1.165) is 53.7 Å². The fraction of sp³-hybridized carbons (Fsp3) is 0.375. The van der Waals surface area contributed by atoms with Gasteiger partial charge in [0, 0.05) is 78.5 Å². The lowest BCUT2D eigenvalue weighted by Gasteiger charge is -2.35. The van der Waals surface area contributed by atoms with Crippen LogP contribution in [0.1, 0.15) is 61.4 Å². The number of morpholine rings is 2. The summed E-state index contributed by atoms with van der Waals surface area (Å²) in [5.41, 5.74) is 7.22. The number of benzene rings is 2. The van der Waals surface area contributed by atoms with Crippen LogP contribution in [0.15, 0.2) is 92.2 Å². The summed E-state index contributed by atoms with van der Waals surface area (Å²) in [6.45, 7) is 18.0. The summed E-state index contributed by atoms with van der Waals surface area (Å²) in [6.07, 6.45) is 6.59. The monoisotopic (exact) mass is 872 g/mol. The average Bonchev–Trinajstić information content (AvgIpc) is 4.20. The number of rotatable bonds is 7. The van der Waals surface area contributed by atoms with E-state index in [1.165, 1.54) is 17.7 Å². The minimum absolute atomic E-state index is 0.00306. The van der Waals surface area contributed by atoms with Crippen molar-refractivity contribution in [3.05, 3.63) is 109 Å². The van der Waals surface area contributed by atoms with E-state index in [2.05, 4.69) is 43.5 Å². The minimum Gasteiger partial charge on any atom is -0.507 e. The van der Waals surface area contributed by atoms with E-state index in [1.807, 2.05) is 56.4 Å². The van der Waals surface area contributed by atoms with Crippen molar-refractivity contribution in [2.45, 2.75) is 44.6 Å². The van der Waals surface area contributed by atoms with Gasteiger partial charge in [-0.15, -0.1) is 20.4 Å². The highest BCUT2D eigenvalue weighted by atomic mass is 16.5. The van der Waals surface area contributed by atoms with Crippen LogP contribution >= 0.6 is 0 Å². The Bertz CT molecular complexity index is 2540. The van der Waals surface area contributed by atoms with Gasteiger partial charge in [0.1, 0.15) is 11.5 Å². The molecule has 4 aliphatic rings. The molecule has 0 aliphatic carbocycles. The fourth-order valence-corrected chi connectivity index (χ4v) is 8.33. The Balaban J connectivity index is 0.000000159. The number of aromatic nitrogens is 6. The number of H-pyrrole nitrogens is 2. The van der Waals surface area contributed by atoms with Crippen LogP contribution in [0.25, 0.3) is 44.6 Å². The Morgan fingerprint density at radius 2 is 1.25 bits per heavy atom. The van der Waals surface area contributed by atoms with Gasteiger partial charge in [-0.2, -0.15) is 0 Å². The van der Waals surface area contributed by atoms with E-state index in [1.54, 1.807) is 34.1 Å². The summed E-state index contributed by atoms with van der Waals surface area (Å²) in [4.78, 5) is 33.6. The maximum atomic E-state index is 12.5. The Labute approximate surface area is 371 Å². The van der Waals surface area contributed by atoms with Crippen LogP contribution in [-0.4, -0.2) is 135 Å². The third kappa shape index (κ3) is 10.2. The van der Waals surface area contributed by atoms with Gasteiger partial charge in [-0.05, 0) is 72.5 Å². The van der Waals surface area contributed by atoms with Gasteiger partial charge in [-0.3, -0.25) is 9.59 Å². The number of nitrogens with one attached hydrogen (secondary N) is 2. The summed E-state index contributed by atoms with van der Waals surface area (Å²) in [5, 5.41) is 39.4. The van der Waals surface area contributed by atoms with E-state index >= 15 is 0 Å². The second-order valence-electron chi connectivity index (χ2n) is 15.3. The zero-order valence-corrected chi connectivity index (χ0v) is 36.4. The molecule has 64 heavy (non-hydrogen) atoms. The number of para-hydroxylation sites is 2. The molecule has 16 nitrogen and oxygen atoms in total. The minimum atomic E-state index is -0.266. The summed E-state index contributed by atoms with van der Waals surface area (Å²) >= 11 is 0. The molecule has 2 unspecified atom stereocenters. The predicted molar refractivity (Wildman–Crippen MR) is 243 cm³/mol. The molecule has 0 spiro atoms. The van der Waals surface area contributed by atoms with Gasteiger partial charge in [0.25, 0.3) is 0 Å². The molecule has 336 valence electrons. The second kappa shape index (κ2) is 21.8. The quantitative estimate of drug-likeness (QED) is 0.122. The molecule has 8 heterocycles. The van der Waals surface area contributed by atoms with Crippen molar-refractivity contribution in [3.63, 3.8) is 0 Å². The summed E-state index contributed by atoms with van der Waals surface area (Å²) in [7, 11) is 0. The van der Waals surface area contributed by atoms with Crippen molar-refractivity contribution in [1.29, 1.82) is 0 Å². The molecule has 4 saturated heterocycles. The van der Waals surface area contributed by atoms with Crippen molar-refractivity contribution in [3.8, 4) is 34.0 Å². The Hall–Kier alpha value is -6.46. The molecule has 0 bridgehead atoms. The Morgan fingerprint density at radius 1 is 0.688 bits per heavy atom. The van der Waals surface area contributed by atoms with Gasteiger partial charge >= 0.3 is 0 Å². The third-order valence-electron chi connectivity index (χ3n) is 11.6. The Kier molecular flexibility index (Phi) is 15.5. The Morgan fingerprint density at radius 3 is 1.84 bits per heavy atom. The van der Waals surface area contributed by atoms with Crippen molar-refractivity contribution < 1.29 is 38.7 Å². The molecule has 16 heteroatoms. The van der Waals surface area contributed by atoms with E-state index in [-0.39, 0.29) is 35.3 Å². The molecule has 2 amide bonds. The van der Waals surface area contributed by atoms with Crippen molar-refractivity contribution >= 4 is 33.9 Å². The lowest BCUT2D eigenvalue weighted by Crippen LogP contribution is -2.43. The number of phenols is 2. The number of hydrogen-bond acceptors (Lipinski definition) is 12. The number of hydrogen-bond donors (Lipinski definition) is 4. The van der Waals surface area contributed by atoms with E-state index in [9.17, 15) is 19.8 Å². The molecule has 4 fully saturated rings. The zero-order chi connectivity index (χ0) is 45.0. The van der Waals surface area contributed by atoms with Crippen LogP contribution in [0.2, 0.25) is 0 Å². The van der Waals surface area contributed by atoms with Gasteiger partial charge in [-0.1, -0.05) is 51.3 Å². The number of nitrogens with zero attached hydrogens (tertiary/aromatic N) is 6. The number of carbonyl (C=O) groups is 2. The van der Waals surface area contributed by atoms with Gasteiger partial charge in [0.2, 0.25) is 11.8 Å². The first-order chi connectivity index (χ1) is 31.3. The largest absolute Gasteiger partial charge is 0.507 e. The summed E-state index contributed by atoms with van der Waals surface area (Å²) in [6, 6.07) is 17.9. The molecule has 6 aromatic rings. The molecular weight excluding hydrogens is 817 g/mol. The summed E-state index contributed by atoms with van der Waals surface area (Å²) < 4.78 is 22.0.